The van der Waals surface area contributed by atoms with Crippen LogP contribution < -0.4 is 5.32 Å². The number of fused-ring (bicyclic) bond motifs is 1. The second-order valence-electron chi connectivity index (χ2n) is 3.89. The first kappa shape index (κ1) is 13.1. The van der Waals surface area contributed by atoms with Crippen molar-refractivity contribution in [3.8, 4) is 0 Å². The summed E-state index contributed by atoms with van der Waals surface area (Å²) in [5, 5.41) is 4.07. The average molecular weight is 311 g/mol. The SMILES string of the molecule is CCOC(=O)c1cc2cc(Br)ccc2n1CNC. The second kappa shape index (κ2) is 5.54. The smallest absolute Gasteiger partial charge is 0.355 e. The zero-order valence-corrected chi connectivity index (χ0v) is 12.0. The predicted molar refractivity (Wildman–Crippen MR) is 74.7 cm³/mol. The molecule has 0 fully saturated rings. The first-order chi connectivity index (χ1) is 8.67. The van der Waals surface area contributed by atoms with Crippen molar-refractivity contribution in [3.63, 3.8) is 0 Å². The molecule has 0 amide bonds. The van der Waals surface area contributed by atoms with Gasteiger partial charge in [0.2, 0.25) is 0 Å². The maximum absolute atomic E-state index is 11.9. The normalized spacial score (nSPS) is 10.8. The molecule has 0 radical (unpaired) electrons. The van der Waals surface area contributed by atoms with Gasteiger partial charge in [0.1, 0.15) is 5.69 Å². The van der Waals surface area contributed by atoms with Gasteiger partial charge in [0.05, 0.1) is 13.3 Å². The van der Waals surface area contributed by atoms with Gasteiger partial charge in [0.15, 0.2) is 0 Å². The minimum atomic E-state index is -0.292. The molecular formula is C13H15BrN2O2. The zero-order valence-electron chi connectivity index (χ0n) is 10.4. The highest BCUT2D eigenvalue weighted by atomic mass is 79.9. The van der Waals surface area contributed by atoms with E-state index in [-0.39, 0.29) is 5.97 Å². The second-order valence-corrected chi connectivity index (χ2v) is 4.81. The van der Waals surface area contributed by atoms with Gasteiger partial charge in [-0.1, -0.05) is 15.9 Å². The number of carbonyl (C=O) groups is 1. The zero-order chi connectivity index (χ0) is 13.1. The van der Waals surface area contributed by atoms with Gasteiger partial charge < -0.3 is 14.6 Å². The van der Waals surface area contributed by atoms with E-state index in [0.29, 0.717) is 19.0 Å². The van der Waals surface area contributed by atoms with Crippen molar-refractivity contribution >= 4 is 32.8 Å². The fourth-order valence-electron chi connectivity index (χ4n) is 1.94. The van der Waals surface area contributed by atoms with Crippen LogP contribution in [0, 0.1) is 0 Å². The van der Waals surface area contributed by atoms with Crippen molar-refractivity contribution in [2.45, 2.75) is 13.6 Å². The molecule has 0 aliphatic carbocycles. The van der Waals surface area contributed by atoms with Crippen LogP contribution in [0.2, 0.25) is 0 Å². The van der Waals surface area contributed by atoms with E-state index in [4.69, 9.17) is 4.74 Å². The lowest BCUT2D eigenvalue weighted by atomic mass is 10.2. The van der Waals surface area contributed by atoms with Crippen LogP contribution in [0.1, 0.15) is 17.4 Å². The summed E-state index contributed by atoms with van der Waals surface area (Å²) in [6.45, 7) is 2.75. The summed E-state index contributed by atoms with van der Waals surface area (Å²) < 4.78 is 7.98. The molecule has 1 N–H and O–H groups in total. The summed E-state index contributed by atoms with van der Waals surface area (Å²) in [5.41, 5.74) is 1.58. The number of aromatic nitrogens is 1. The van der Waals surface area contributed by atoms with Crippen LogP contribution in [0.5, 0.6) is 0 Å². The van der Waals surface area contributed by atoms with Crippen LogP contribution in [0.3, 0.4) is 0 Å². The Morgan fingerprint density at radius 2 is 2.22 bits per heavy atom. The Kier molecular flexibility index (Phi) is 4.04. The van der Waals surface area contributed by atoms with Crippen molar-refractivity contribution in [2.75, 3.05) is 13.7 Å². The van der Waals surface area contributed by atoms with Crippen LogP contribution in [0.15, 0.2) is 28.7 Å². The third-order valence-corrected chi connectivity index (χ3v) is 3.16. The standard InChI is InChI=1S/C13H15BrN2O2/c1-3-18-13(17)12-7-9-6-10(14)4-5-11(9)16(12)8-15-2/h4-7,15H,3,8H2,1-2H3. The number of rotatable bonds is 4. The molecule has 1 heterocycles. The Labute approximate surface area is 114 Å². The molecular weight excluding hydrogens is 296 g/mol. The van der Waals surface area contributed by atoms with E-state index in [1.165, 1.54) is 0 Å². The maximum atomic E-state index is 11.9. The number of nitrogens with zero attached hydrogens (tertiary/aromatic N) is 1. The van der Waals surface area contributed by atoms with Gasteiger partial charge in [0, 0.05) is 15.4 Å². The molecule has 0 saturated carbocycles. The molecule has 0 unspecified atom stereocenters. The first-order valence-electron chi connectivity index (χ1n) is 5.78. The van der Waals surface area contributed by atoms with E-state index >= 15 is 0 Å². The quantitative estimate of drug-likeness (QED) is 0.883. The summed E-state index contributed by atoms with van der Waals surface area (Å²) in [7, 11) is 1.85. The molecule has 0 aliphatic heterocycles. The van der Waals surface area contributed by atoms with Crippen LogP contribution >= 0.6 is 15.9 Å². The number of ether oxygens (including phenoxy) is 1. The molecule has 0 aliphatic rings. The van der Waals surface area contributed by atoms with Crippen LogP contribution in [0.25, 0.3) is 10.9 Å². The van der Waals surface area contributed by atoms with E-state index in [0.717, 1.165) is 15.4 Å². The van der Waals surface area contributed by atoms with Crippen molar-refractivity contribution in [2.24, 2.45) is 0 Å². The highest BCUT2D eigenvalue weighted by Crippen LogP contribution is 2.24. The minimum absolute atomic E-state index is 0.292. The Morgan fingerprint density at radius 1 is 1.44 bits per heavy atom. The fraction of sp³-hybridized carbons (Fsp3) is 0.308. The van der Waals surface area contributed by atoms with Gasteiger partial charge in [-0.2, -0.15) is 0 Å². The number of carbonyl (C=O) groups excluding carboxylic acids is 1. The van der Waals surface area contributed by atoms with Crippen LogP contribution in [-0.4, -0.2) is 24.2 Å². The topological polar surface area (TPSA) is 43.3 Å². The fourth-order valence-corrected chi connectivity index (χ4v) is 2.32. The summed E-state index contributed by atoms with van der Waals surface area (Å²) in [4.78, 5) is 11.9. The van der Waals surface area contributed by atoms with Gasteiger partial charge >= 0.3 is 5.97 Å². The van der Waals surface area contributed by atoms with E-state index < -0.39 is 0 Å². The van der Waals surface area contributed by atoms with Crippen LogP contribution in [0.4, 0.5) is 0 Å². The lowest BCUT2D eigenvalue weighted by Crippen LogP contribution is -2.18. The van der Waals surface area contributed by atoms with E-state index in [9.17, 15) is 4.79 Å². The largest absolute Gasteiger partial charge is 0.461 e. The molecule has 0 spiro atoms. The van der Waals surface area contributed by atoms with E-state index in [1.54, 1.807) is 6.92 Å². The number of hydrogen-bond acceptors (Lipinski definition) is 3. The van der Waals surface area contributed by atoms with Gasteiger partial charge in [-0.05, 0) is 38.2 Å². The van der Waals surface area contributed by atoms with Crippen molar-refractivity contribution < 1.29 is 9.53 Å². The molecule has 5 heteroatoms. The number of esters is 1. The highest BCUT2D eigenvalue weighted by molar-refractivity contribution is 9.10. The lowest BCUT2D eigenvalue weighted by molar-refractivity contribution is 0.0514. The molecule has 0 bridgehead atoms. The van der Waals surface area contributed by atoms with E-state index in [1.807, 2.05) is 35.9 Å². The van der Waals surface area contributed by atoms with Gasteiger partial charge in [-0.25, -0.2) is 4.79 Å². The molecule has 18 heavy (non-hydrogen) atoms. The highest BCUT2D eigenvalue weighted by Gasteiger charge is 2.16. The molecule has 4 nitrogen and oxygen atoms in total. The summed E-state index contributed by atoms with van der Waals surface area (Å²) in [6.07, 6.45) is 0. The summed E-state index contributed by atoms with van der Waals surface area (Å²) >= 11 is 3.43. The molecule has 96 valence electrons. The number of benzene rings is 1. The minimum Gasteiger partial charge on any atom is -0.461 e. The average Bonchev–Trinajstić information content (AvgIpc) is 2.68. The summed E-state index contributed by atoms with van der Waals surface area (Å²) in [6, 6.07) is 7.79. The third kappa shape index (κ3) is 2.42. The maximum Gasteiger partial charge on any atom is 0.355 e. The number of halogens is 1. The number of nitrogens with one attached hydrogen (secondary N) is 1. The predicted octanol–water partition coefficient (Wildman–Crippen LogP) is 2.76. The van der Waals surface area contributed by atoms with Gasteiger partial charge in [-0.15, -0.1) is 0 Å². The Bertz CT molecular complexity index is 578. The van der Waals surface area contributed by atoms with Crippen molar-refractivity contribution in [3.05, 3.63) is 34.4 Å². The van der Waals surface area contributed by atoms with Crippen LogP contribution in [-0.2, 0) is 11.4 Å². The van der Waals surface area contributed by atoms with Crippen molar-refractivity contribution in [1.82, 2.24) is 9.88 Å². The Balaban J connectivity index is 2.56. The van der Waals surface area contributed by atoms with Crippen molar-refractivity contribution in [1.29, 1.82) is 0 Å². The van der Waals surface area contributed by atoms with E-state index in [2.05, 4.69) is 21.2 Å². The monoisotopic (exact) mass is 310 g/mol. The third-order valence-electron chi connectivity index (χ3n) is 2.66. The molecule has 2 aromatic rings. The first-order valence-corrected chi connectivity index (χ1v) is 6.57. The molecule has 2 rings (SSSR count). The lowest BCUT2D eigenvalue weighted by Gasteiger charge is -2.09. The van der Waals surface area contributed by atoms with Gasteiger partial charge in [0.25, 0.3) is 0 Å². The Hall–Kier alpha value is -1.33. The molecule has 0 atom stereocenters. The Morgan fingerprint density at radius 3 is 2.89 bits per heavy atom. The number of hydrogen-bond donors (Lipinski definition) is 1. The molecule has 1 aromatic carbocycles. The molecule has 0 saturated heterocycles. The summed E-state index contributed by atoms with van der Waals surface area (Å²) in [5.74, 6) is -0.292. The molecule has 1 aromatic heterocycles. The van der Waals surface area contributed by atoms with Gasteiger partial charge in [-0.3, -0.25) is 0 Å².